The molecular weight excluding hydrogens is 1230 g/mol. The lowest BCUT2D eigenvalue weighted by atomic mass is 9.99. The zero-order valence-electron chi connectivity index (χ0n) is 50.0. The first-order chi connectivity index (χ1) is 45.7. The molecule has 0 aliphatic heterocycles. The molecular formula is C80H55BF6O5P2. The highest BCUT2D eigenvalue weighted by molar-refractivity contribution is 7.92. The summed E-state index contributed by atoms with van der Waals surface area (Å²) in [6.45, 7) is 0. The molecule has 15 aromatic carbocycles. The fraction of sp³-hybridized carbons (Fsp3) is 0.0250. The molecule has 0 fully saturated rings. The fourth-order valence-electron chi connectivity index (χ4n) is 12.0. The van der Waals surface area contributed by atoms with E-state index in [2.05, 4.69) is 320 Å². The Morgan fingerprint density at radius 2 is 0.500 bits per heavy atom. The van der Waals surface area contributed by atoms with Gasteiger partial charge in [0.1, 0.15) is 39.1 Å². The van der Waals surface area contributed by atoms with Crippen LogP contribution in [0.2, 0.25) is 0 Å². The van der Waals surface area contributed by atoms with Gasteiger partial charge in [-0.05, 0) is 170 Å². The predicted octanol–water partition coefficient (Wildman–Crippen LogP) is 17.7. The van der Waals surface area contributed by atoms with E-state index in [-0.39, 0.29) is 18.2 Å². The van der Waals surface area contributed by atoms with E-state index in [1.54, 1.807) is 0 Å². The minimum atomic E-state index is -5.05. The zero-order valence-corrected chi connectivity index (χ0v) is 51.8. The number of hydrogen-bond acceptors (Lipinski definition) is 5. The average Bonchev–Trinajstić information content (AvgIpc) is 0.754. The third kappa shape index (κ3) is 12.8. The largest absolute Gasteiger partial charge is 0.860 e. The van der Waals surface area contributed by atoms with E-state index in [1.165, 1.54) is 74.9 Å². The van der Waals surface area contributed by atoms with Crippen LogP contribution < -0.4 is 55.6 Å². The summed E-state index contributed by atoms with van der Waals surface area (Å²) in [5, 5.41) is 41.5. The molecule has 14 heteroatoms. The van der Waals surface area contributed by atoms with Gasteiger partial charge < -0.3 is 23.7 Å². The van der Waals surface area contributed by atoms with Crippen LogP contribution in [-0.2, 0) is 12.4 Å². The molecule has 0 saturated carbocycles. The highest BCUT2D eigenvalue weighted by Gasteiger charge is 2.52. The minimum Gasteiger partial charge on any atom is -0.860 e. The maximum absolute atomic E-state index is 12.3. The summed E-state index contributed by atoms with van der Waals surface area (Å²) in [6, 6.07) is 113. The van der Waals surface area contributed by atoms with Crippen molar-refractivity contribution in [1.82, 2.24) is 0 Å². The molecule has 0 heterocycles. The van der Waals surface area contributed by atoms with Crippen molar-refractivity contribution < 1.29 is 50.1 Å². The van der Waals surface area contributed by atoms with E-state index in [1.807, 2.05) is 0 Å². The van der Waals surface area contributed by atoms with Gasteiger partial charge in [0, 0.05) is 21.5 Å². The highest BCUT2D eigenvalue weighted by atomic mass is 31.2. The topological polar surface area (TPSA) is 73.8 Å². The monoisotopic (exact) mass is 1280 g/mol. The molecule has 15 aromatic rings. The number of alkyl halides is 6. The van der Waals surface area contributed by atoms with Crippen molar-refractivity contribution in [2.45, 2.75) is 12.4 Å². The number of hydrogen-bond donors (Lipinski definition) is 0. The van der Waals surface area contributed by atoms with Gasteiger partial charge in [-0.1, -0.05) is 206 Å². The molecule has 0 aromatic heterocycles. The van der Waals surface area contributed by atoms with Crippen LogP contribution in [0.5, 0.6) is 17.2 Å². The lowest BCUT2D eigenvalue weighted by molar-refractivity contribution is -0.372. The van der Waals surface area contributed by atoms with E-state index >= 15 is 0 Å². The van der Waals surface area contributed by atoms with Crippen molar-refractivity contribution in [3.63, 3.8) is 0 Å². The second kappa shape index (κ2) is 26.7. The summed E-state index contributed by atoms with van der Waals surface area (Å²) in [7, 11) is -8.11. The van der Waals surface area contributed by atoms with Crippen molar-refractivity contribution in [1.29, 1.82) is 0 Å². The van der Waals surface area contributed by atoms with Gasteiger partial charge in [0.05, 0.1) is 16.9 Å². The molecule has 0 atom stereocenters. The van der Waals surface area contributed by atoms with Gasteiger partial charge in [-0.15, -0.1) is 0 Å². The molecule has 0 saturated heterocycles. The number of rotatable bonds is 12. The predicted molar refractivity (Wildman–Crippen MR) is 372 cm³/mol. The van der Waals surface area contributed by atoms with Crippen LogP contribution in [0.3, 0.4) is 0 Å². The maximum atomic E-state index is 12.3. The second-order valence-corrected chi connectivity index (χ2v) is 28.2. The molecule has 0 aliphatic rings. The van der Waals surface area contributed by atoms with Gasteiger partial charge >= 0.3 is 12.4 Å². The zero-order chi connectivity index (χ0) is 64.9. The Labute approximate surface area is 540 Å². The summed E-state index contributed by atoms with van der Waals surface area (Å²) in [4.78, 5) is 0. The van der Waals surface area contributed by atoms with Crippen LogP contribution in [0, 0.1) is 0 Å². The van der Waals surface area contributed by atoms with Gasteiger partial charge in [0.15, 0.2) is 11.5 Å². The molecule has 0 N–H and O–H groups in total. The van der Waals surface area contributed by atoms with Crippen LogP contribution in [-0.4, -0.2) is 7.32 Å². The number of fused-ring (bicyclic) bond motifs is 6. The molecule has 0 spiro atoms. The van der Waals surface area contributed by atoms with E-state index in [4.69, 9.17) is 9.05 Å². The first-order valence-corrected chi connectivity index (χ1v) is 33.5. The molecule has 5 nitrogen and oxygen atoms in total. The number of benzene rings is 15. The quantitative estimate of drug-likeness (QED) is 0.0527. The summed E-state index contributed by atoms with van der Waals surface area (Å²) >= 11 is 0. The lowest BCUT2D eigenvalue weighted by Crippen LogP contribution is -2.50. The van der Waals surface area contributed by atoms with E-state index in [9.17, 15) is 36.4 Å². The van der Waals surface area contributed by atoms with Gasteiger partial charge in [-0.3, -0.25) is 0 Å². The standard InChI is InChI=1S/2C36H26OP.C8H3BF6O3/c2*1-4-17-31(18-5-1)38(32-19-6-2-7-20-32,33-21-8-3-9-22-33)37-36-34-23-13-12-16-29(34)25-30-24-27-14-10-11-15-28(27)26-35(30)36;10-7(11,12)4-1-5(8(13,14)15)3-6(2-4)18-9(16)17/h2*1-26H;1-3H/q2*+1;-2. The van der Waals surface area contributed by atoms with E-state index in [0.717, 1.165) is 33.0 Å². The maximum Gasteiger partial charge on any atom is 0.416 e. The van der Waals surface area contributed by atoms with Crippen LogP contribution in [0.4, 0.5) is 26.3 Å². The first kappa shape index (κ1) is 62.5. The van der Waals surface area contributed by atoms with Crippen molar-refractivity contribution >= 4 is 119 Å². The smallest absolute Gasteiger partial charge is 0.416 e. The molecule has 94 heavy (non-hydrogen) atoms. The van der Waals surface area contributed by atoms with Crippen LogP contribution in [0.1, 0.15) is 11.1 Å². The Hall–Kier alpha value is -10.3. The van der Waals surface area contributed by atoms with Crippen molar-refractivity contribution in [3.8, 4) is 17.2 Å². The van der Waals surface area contributed by atoms with Gasteiger partial charge in [-0.25, -0.2) is 0 Å². The highest BCUT2D eigenvalue weighted by Crippen LogP contribution is 2.60. The summed E-state index contributed by atoms with van der Waals surface area (Å²) in [5.41, 5.74) is -3.32. The Balaban J connectivity index is 0.000000137. The van der Waals surface area contributed by atoms with Crippen LogP contribution in [0.15, 0.2) is 334 Å². The fourth-order valence-corrected chi connectivity index (χ4v) is 19.0. The third-order valence-corrected chi connectivity index (χ3v) is 23.4. The summed E-state index contributed by atoms with van der Waals surface area (Å²) in [6.07, 6.45) is -10.1. The minimum absolute atomic E-state index is 0.141. The molecule has 0 radical (unpaired) electrons. The SMILES string of the molecule is [O-]B([O-])Oc1cc(C(F)(F)F)cc(C(F)(F)F)c1.c1ccc([P+](Oc2c3ccccc3cc3cc4ccccc4cc23)(c2ccccc2)c2ccccc2)cc1.c1ccc([P+](Oc2c3ccccc3cc3cc4ccccc4cc23)(c2ccccc2)c2ccccc2)cc1. The third-order valence-electron chi connectivity index (χ3n) is 16.3. The molecule has 15 rings (SSSR count). The first-order valence-electron chi connectivity index (χ1n) is 30.1. The van der Waals surface area contributed by atoms with Gasteiger partial charge in [-0.2, -0.15) is 26.3 Å². The van der Waals surface area contributed by atoms with Crippen molar-refractivity contribution in [3.05, 3.63) is 345 Å². The average molecular weight is 1280 g/mol. The van der Waals surface area contributed by atoms with E-state index < -0.39 is 51.5 Å². The van der Waals surface area contributed by atoms with Crippen LogP contribution >= 0.6 is 15.0 Å². The molecule has 0 amide bonds. The van der Waals surface area contributed by atoms with Gasteiger partial charge in [0.25, 0.3) is 15.0 Å². The molecule has 0 bridgehead atoms. The molecule has 460 valence electrons. The van der Waals surface area contributed by atoms with Crippen molar-refractivity contribution in [2.24, 2.45) is 0 Å². The normalized spacial score (nSPS) is 11.8. The van der Waals surface area contributed by atoms with Crippen molar-refractivity contribution in [2.75, 3.05) is 0 Å². The Morgan fingerprint density at radius 3 is 0.777 bits per heavy atom. The Kier molecular flexibility index (Phi) is 17.8. The van der Waals surface area contributed by atoms with E-state index in [0.29, 0.717) is 0 Å². The second-order valence-electron chi connectivity index (χ2n) is 22.3. The van der Waals surface area contributed by atoms with Crippen LogP contribution in [0.25, 0.3) is 64.6 Å². The number of halogens is 6. The Bertz CT molecular complexity index is 4610. The lowest BCUT2D eigenvalue weighted by Gasteiger charge is -2.27. The van der Waals surface area contributed by atoms with Gasteiger partial charge in [0.2, 0.25) is 0 Å². The molecule has 0 aliphatic carbocycles. The summed E-state index contributed by atoms with van der Waals surface area (Å²) < 4.78 is 92.8. The summed E-state index contributed by atoms with van der Waals surface area (Å²) in [5.74, 6) is 0.801. The Morgan fingerprint density at radius 1 is 0.255 bits per heavy atom. The molecule has 0 unspecified atom stereocenters.